The highest BCUT2D eigenvalue weighted by molar-refractivity contribution is 5.85. The van der Waals surface area contributed by atoms with E-state index in [0.717, 1.165) is 11.8 Å². The summed E-state index contributed by atoms with van der Waals surface area (Å²) < 4.78 is 0. The molecule has 1 atom stereocenters. The zero-order chi connectivity index (χ0) is 16.9. The third-order valence-corrected chi connectivity index (χ3v) is 6.28. The maximum atomic E-state index is 2.75. The van der Waals surface area contributed by atoms with Gasteiger partial charge in [-0.3, -0.25) is 0 Å². The molecule has 2 aliphatic rings. The van der Waals surface area contributed by atoms with E-state index in [4.69, 9.17) is 0 Å². The second kappa shape index (κ2) is 9.58. The van der Waals surface area contributed by atoms with Crippen LogP contribution in [0.4, 0.5) is 0 Å². The van der Waals surface area contributed by atoms with Gasteiger partial charge in [-0.2, -0.15) is 0 Å². The first-order chi connectivity index (χ1) is 12.4. The number of halogens is 1. The molecule has 0 spiro atoms. The fourth-order valence-corrected chi connectivity index (χ4v) is 4.84. The smallest absolute Gasteiger partial charge is 0.00128 e. The molecule has 0 N–H and O–H groups in total. The molecule has 1 aliphatic carbocycles. The van der Waals surface area contributed by atoms with Crippen LogP contribution in [0.1, 0.15) is 42.4 Å². The molecular weight excluding hydrogens is 338 g/mol. The van der Waals surface area contributed by atoms with Crippen LogP contribution in [0.3, 0.4) is 0 Å². The highest BCUT2D eigenvalue weighted by Crippen LogP contribution is 2.27. The van der Waals surface area contributed by atoms with Gasteiger partial charge in [0.1, 0.15) is 0 Å². The zero-order valence-electron chi connectivity index (χ0n) is 15.8. The highest BCUT2D eigenvalue weighted by Gasteiger charge is 2.23. The average Bonchev–Trinajstić information content (AvgIpc) is 2.86. The van der Waals surface area contributed by atoms with E-state index in [9.17, 15) is 0 Å². The van der Waals surface area contributed by atoms with Crippen LogP contribution in [-0.4, -0.2) is 24.5 Å². The van der Waals surface area contributed by atoms with Crippen LogP contribution in [0.25, 0.3) is 0 Å². The molecule has 1 nitrogen and oxygen atoms in total. The minimum absolute atomic E-state index is 0. The van der Waals surface area contributed by atoms with Crippen LogP contribution >= 0.6 is 12.4 Å². The predicted molar refractivity (Wildman–Crippen MR) is 113 cm³/mol. The maximum absolute atomic E-state index is 2.75. The Kier molecular flexibility index (Phi) is 7.16. The first-order valence-electron chi connectivity index (χ1n) is 10.2. The molecule has 26 heavy (non-hydrogen) atoms. The molecule has 1 fully saturated rings. The Morgan fingerprint density at radius 3 is 2.23 bits per heavy atom. The van der Waals surface area contributed by atoms with Crippen molar-refractivity contribution in [2.24, 2.45) is 11.8 Å². The number of rotatable bonds is 4. The number of benzene rings is 2. The summed E-state index contributed by atoms with van der Waals surface area (Å²) >= 11 is 0. The van der Waals surface area contributed by atoms with E-state index in [2.05, 4.69) is 59.5 Å². The number of aryl methyl sites for hydroxylation is 1. The van der Waals surface area contributed by atoms with Gasteiger partial charge in [-0.15, -0.1) is 12.4 Å². The van der Waals surface area contributed by atoms with Gasteiger partial charge < -0.3 is 4.90 Å². The molecule has 2 heteroatoms. The number of likely N-dealkylation sites (tertiary alicyclic amines) is 1. The zero-order valence-corrected chi connectivity index (χ0v) is 16.6. The minimum Gasteiger partial charge on any atom is -0.303 e. The fourth-order valence-electron chi connectivity index (χ4n) is 4.84. The lowest BCUT2D eigenvalue weighted by molar-refractivity contribution is 0.156. The number of fused-ring (bicyclic) bond motifs is 1. The predicted octanol–water partition coefficient (Wildman–Crippen LogP) is 5.56. The lowest BCUT2D eigenvalue weighted by Gasteiger charge is -2.34. The van der Waals surface area contributed by atoms with Crippen LogP contribution in [0.2, 0.25) is 0 Å². The van der Waals surface area contributed by atoms with E-state index in [-0.39, 0.29) is 12.4 Å². The van der Waals surface area contributed by atoms with Crippen molar-refractivity contribution in [3.05, 3.63) is 71.3 Å². The Morgan fingerprint density at radius 1 is 0.769 bits per heavy atom. The molecule has 4 rings (SSSR count). The molecule has 1 unspecified atom stereocenters. The van der Waals surface area contributed by atoms with Crippen molar-refractivity contribution in [1.29, 1.82) is 0 Å². The van der Waals surface area contributed by atoms with Crippen LogP contribution < -0.4 is 0 Å². The van der Waals surface area contributed by atoms with Crippen LogP contribution in [-0.2, 0) is 19.3 Å². The molecule has 2 aromatic rings. The standard InChI is InChI=1S/C24H31N.ClH/c1-2-7-20(8-3-1)17-21-13-15-25(16-14-21)19-22-9-6-12-23-10-4-5-11-24(23)18-22;/h1-5,7-8,10-11,21-22H,6,9,12-19H2;1H. The van der Waals surface area contributed by atoms with E-state index in [1.54, 1.807) is 11.1 Å². The molecule has 140 valence electrons. The molecule has 0 radical (unpaired) electrons. The molecule has 0 saturated carbocycles. The van der Waals surface area contributed by atoms with E-state index < -0.39 is 0 Å². The summed E-state index contributed by atoms with van der Waals surface area (Å²) in [6.45, 7) is 3.91. The van der Waals surface area contributed by atoms with Crippen LogP contribution in [0.5, 0.6) is 0 Å². The summed E-state index contributed by atoms with van der Waals surface area (Å²) in [6, 6.07) is 20.2. The molecule has 1 saturated heterocycles. The topological polar surface area (TPSA) is 3.24 Å². The van der Waals surface area contributed by atoms with Crippen molar-refractivity contribution < 1.29 is 0 Å². The largest absolute Gasteiger partial charge is 0.303 e. The summed E-state index contributed by atoms with van der Waals surface area (Å²) in [5.41, 5.74) is 4.73. The Labute approximate surface area is 165 Å². The molecule has 0 bridgehead atoms. The second-order valence-corrected chi connectivity index (χ2v) is 8.16. The van der Waals surface area contributed by atoms with E-state index in [0.29, 0.717) is 0 Å². The van der Waals surface area contributed by atoms with Gasteiger partial charge in [0.15, 0.2) is 0 Å². The normalized spacial score (nSPS) is 21.5. The highest BCUT2D eigenvalue weighted by atomic mass is 35.5. The maximum Gasteiger partial charge on any atom is 0.00128 e. The number of hydrogen-bond donors (Lipinski definition) is 0. The summed E-state index contributed by atoms with van der Waals surface area (Å²) in [5.74, 6) is 1.74. The minimum atomic E-state index is 0. The first-order valence-corrected chi connectivity index (χ1v) is 10.2. The molecule has 2 aromatic carbocycles. The van der Waals surface area contributed by atoms with Crippen molar-refractivity contribution in [2.75, 3.05) is 19.6 Å². The number of hydrogen-bond acceptors (Lipinski definition) is 1. The lowest BCUT2D eigenvalue weighted by Crippen LogP contribution is -2.38. The van der Waals surface area contributed by atoms with E-state index in [1.807, 2.05) is 0 Å². The van der Waals surface area contributed by atoms with E-state index >= 15 is 0 Å². The van der Waals surface area contributed by atoms with Gasteiger partial charge in [-0.1, -0.05) is 54.6 Å². The third-order valence-electron chi connectivity index (χ3n) is 6.28. The summed E-state index contributed by atoms with van der Waals surface area (Å²) in [6.07, 6.45) is 9.36. The summed E-state index contributed by atoms with van der Waals surface area (Å²) in [4.78, 5) is 2.75. The van der Waals surface area contributed by atoms with Gasteiger partial charge in [0, 0.05) is 6.54 Å². The SMILES string of the molecule is Cl.c1ccc(CC2CCN(CC3CCCc4ccccc4C3)CC2)cc1. The van der Waals surface area contributed by atoms with Gasteiger partial charge in [0.25, 0.3) is 0 Å². The lowest BCUT2D eigenvalue weighted by atomic mass is 9.89. The number of piperidine rings is 1. The Morgan fingerprint density at radius 2 is 1.46 bits per heavy atom. The quantitative estimate of drug-likeness (QED) is 0.638. The van der Waals surface area contributed by atoms with Crippen molar-refractivity contribution in [3.8, 4) is 0 Å². The van der Waals surface area contributed by atoms with Gasteiger partial charge in [0.05, 0.1) is 0 Å². The second-order valence-electron chi connectivity index (χ2n) is 8.16. The van der Waals surface area contributed by atoms with Gasteiger partial charge in [-0.05, 0) is 86.6 Å². The van der Waals surface area contributed by atoms with Gasteiger partial charge in [0.2, 0.25) is 0 Å². The molecular formula is C24H32ClN. The molecule has 0 aromatic heterocycles. The molecule has 1 heterocycles. The van der Waals surface area contributed by atoms with Crippen molar-refractivity contribution in [2.45, 2.75) is 44.9 Å². The van der Waals surface area contributed by atoms with Gasteiger partial charge in [-0.25, -0.2) is 0 Å². The first kappa shape index (κ1) is 19.5. The van der Waals surface area contributed by atoms with Crippen LogP contribution in [0.15, 0.2) is 54.6 Å². The summed E-state index contributed by atoms with van der Waals surface area (Å²) in [7, 11) is 0. The molecule has 0 amide bonds. The number of nitrogens with zero attached hydrogens (tertiary/aromatic N) is 1. The monoisotopic (exact) mass is 369 g/mol. The fraction of sp³-hybridized carbons (Fsp3) is 0.500. The van der Waals surface area contributed by atoms with E-state index in [1.165, 1.54) is 70.1 Å². The Hall–Kier alpha value is -1.31. The van der Waals surface area contributed by atoms with Crippen molar-refractivity contribution >= 4 is 12.4 Å². The van der Waals surface area contributed by atoms with Gasteiger partial charge >= 0.3 is 0 Å². The summed E-state index contributed by atoms with van der Waals surface area (Å²) in [5, 5.41) is 0. The molecule has 1 aliphatic heterocycles. The Balaban J connectivity index is 0.00000196. The average molecular weight is 370 g/mol. The Bertz CT molecular complexity index is 661. The van der Waals surface area contributed by atoms with Crippen molar-refractivity contribution in [3.63, 3.8) is 0 Å². The van der Waals surface area contributed by atoms with Crippen LogP contribution in [0, 0.1) is 11.8 Å². The van der Waals surface area contributed by atoms with Crippen molar-refractivity contribution in [1.82, 2.24) is 4.90 Å². The third kappa shape index (κ3) is 5.11.